The first kappa shape index (κ1) is 21.6. The summed E-state index contributed by atoms with van der Waals surface area (Å²) >= 11 is 0. The molecule has 170 valence electrons. The molecule has 1 saturated heterocycles. The standard InChI is InChI=1S/C21H27N7O4/c1-11-8-27(20(30)31-21(3,4)5)10-15(11)25-17-14(18(22)29)7-23-28-9-13(6-16(17)28)19-24-12(2)26-32-19/h6-7,9,11,15,25H,8,10H2,1-5H3,(H2,22,29)/t11-,15+/m0/s1. The fourth-order valence-corrected chi connectivity index (χ4v) is 3.74. The van der Waals surface area contributed by atoms with Crippen molar-refractivity contribution >= 4 is 23.2 Å². The first-order valence-corrected chi connectivity index (χ1v) is 10.4. The minimum Gasteiger partial charge on any atom is -0.444 e. The van der Waals surface area contributed by atoms with Crippen molar-refractivity contribution in [2.24, 2.45) is 11.7 Å². The lowest BCUT2D eigenvalue weighted by molar-refractivity contribution is 0.0288. The molecule has 0 bridgehead atoms. The molecule has 32 heavy (non-hydrogen) atoms. The molecule has 3 aromatic heterocycles. The molecule has 1 aliphatic heterocycles. The maximum absolute atomic E-state index is 12.5. The van der Waals surface area contributed by atoms with Gasteiger partial charge >= 0.3 is 6.09 Å². The molecule has 1 fully saturated rings. The van der Waals surface area contributed by atoms with Gasteiger partial charge in [0.2, 0.25) is 0 Å². The number of carbonyl (C=O) groups is 2. The maximum atomic E-state index is 12.5. The second kappa shape index (κ2) is 7.81. The number of hydrogen-bond acceptors (Lipinski definition) is 8. The Morgan fingerprint density at radius 2 is 2.06 bits per heavy atom. The molecular formula is C21H27N7O4. The molecular weight excluding hydrogens is 414 g/mol. The van der Waals surface area contributed by atoms with Gasteiger partial charge in [-0.2, -0.15) is 10.1 Å². The average molecular weight is 441 g/mol. The Balaban J connectivity index is 1.65. The Labute approximate surface area is 184 Å². The van der Waals surface area contributed by atoms with Gasteiger partial charge in [-0.3, -0.25) is 4.79 Å². The topological polar surface area (TPSA) is 141 Å². The highest BCUT2D eigenvalue weighted by molar-refractivity contribution is 6.02. The van der Waals surface area contributed by atoms with E-state index in [9.17, 15) is 9.59 Å². The second-order valence-corrected chi connectivity index (χ2v) is 9.12. The molecule has 4 rings (SSSR count). The summed E-state index contributed by atoms with van der Waals surface area (Å²) in [6.07, 6.45) is 2.80. The number of aromatic nitrogens is 4. The molecule has 1 aliphatic rings. The van der Waals surface area contributed by atoms with Gasteiger partial charge < -0.3 is 25.2 Å². The van der Waals surface area contributed by atoms with Crippen LogP contribution in [0.25, 0.3) is 17.0 Å². The number of nitrogens with zero attached hydrogens (tertiary/aromatic N) is 5. The van der Waals surface area contributed by atoms with Crippen LogP contribution in [0.15, 0.2) is 23.0 Å². The van der Waals surface area contributed by atoms with E-state index in [4.69, 9.17) is 15.0 Å². The summed E-state index contributed by atoms with van der Waals surface area (Å²) in [7, 11) is 0. The largest absolute Gasteiger partial charge is 0.444 e. The number of ether oxygens (including phenoxy) is 1. The molecule has 0 aliphatic carbocycles. The van der Waals surface area contributed by atoms with Gasteiger partial charge in [-0.1, -0.05) is 12.1 Å². The summed E-state index contributed by atoms with van der Waals surface area (Å²) in [5.41, 5.74) is 7.15. The molecule has 3 aromatic rings. The molecule has 0 unspecified atom stereocenters. The van der Waals surface area contributed by atoms with Gasteiger partial charge in [0.1, 0.15) is 5.60 Å². The van der Waals surface area contributed by atoms with Crippen LogP contribution in [0.3, 0.4) is 0 Å². The van der Waals surface area contributed by atoms with E-state index in [1.807, 2.05) is 27.7 Å². The number of rotatable bonds is 4. The highest BCUT2D eigenvalue weighted by atomic mass is 16.6. The molecule has 0 saturated carbocycles. The number of aryl methyl sites for hydroxylation is 1. The van der Waals surface area contributed by atoms with E-state index in [2.05, 4.69) is 20.6 Å². The predicted molar refractivity (Wildman–Crippen MR) is 116 cm³/mol. The van der Waals surface area contributed by atoms with E-state index >= 15 is 0 Å². The smallest absolute Gasteiger partial charge is 0.410 e. The Kier molecular flexibility index (Phi) is 5.27. The molecule has 0 radical (unpaired) electrons. The van der Waals surface area contributed by atoms with Crippen molar-refractivity contribution in [2.75, 3.05) is 18.4 Å². The van der Waals surface area contributed by atoms with Crippen molar-refractivity contribution in [1.29, 1.82) is 0 Å². The van der Waals surface area contributed by atoms with Crippen LogP contribution in [0.1, 0.15) is 43.9 Å². The summed E-state index contributed by atoms with van der Waals surface area (Å²) < 4.78 is 12.4. The summed E-state index contributed by atoms with van der Waals surface area (Å²) in [5.74, 6) is 0.379. The Morgan fingerprint density at radius 1 is 1.31 bits per heavy atom. The Bertz CT molecular complexity index is 1180. The van der Waals surface area contributed by atoms with Gasteiger partial charge in [0.05, 0.1) is 28.5 Å². The fourth-order valence-electron chi connectivity index (χ4n) is 3.74. The van der Waals surface area contributed by atoms with Crippen molar-refractivity contribution in [3.63, 3.8) is 0 Å². The lowest BCUT2D eigenvalue weighted by Gasteiger charge is -2.24. The van der Waals surface area contributed by atoms with Crippen molar-refractivity contribution in [3.05, 3.63) is 29.8 Å². The van der Waals surface area contributed by atoms with Crippen LogP contribution in [-0.2, 0) is 4.74 Å². The third-order valence-electron chi connectivity index (χ3n) is 5.27. The molecule has 3 N–H and O–H groups in total. The zero-order chi connectivity index (χ0) is 23.2. The summed E-state index contributed by atoms with van der Waals surface area (Å²) in [6, 6.07) is 1.69. The maximum Gasteiger partial charge on any atom is 0.410 e. The van der Waals surface area contributed by atoms with Gasteiger partial charge in [0, 0.05) is 25.3 Å². The number of amides is 2. The predicted octanol–water partition coefficient (Wildman–Crippen LogP) is 2.46. The molecule has 11 heteroatoms. The normalized spacial score (nSPS) is 18.8. The van der Waals surface area contributed by atoms with Crippen LogP contribution < -0.4 is 11.1 Å². The first-order chi connectivity index (χ1) is 15.0. The van der Waals surface area contributed by atoms with Crippen molar-refractivity contribution in [2.45, 2.75) is 46.3 Å². The number of likely N-dealkylation sites (tertiary alicyclic amines) is 1. The van der Waals surface area contributed by atoms with Crippen LogP contribution in [0.4, 0.5) is 10.5 Å². The van der Waals surface area contributed by atoms with Crippen LogP contribution in [-0.4, -0.2) is 61.4 Å². The third kappa shape index (κ3) is 4.23. The van der Waals surface area contributed by atoms with E-state index in [-0.39, 0.29) is 23.6 Å². The minimum absolute atomic E-state index is 0.115. The van der Waals surface area contributed by atoms with E-state index in [0.717, 1.165) is 0 Å². The lowest BCUT2D eigenvalue weighted by atomic mass is 10.1. The third-order valence-corrected chi connectivity index (χ3v) is 5.27. The number of carbonyl (C=O) groups excluding carboxylic acids is 2. The molecule has 2 amide bonds. The van der Waals surface area contributed by atoms with Crippen LogP contribution in [0, 0.1) is 12.8 Å². The van der Waals surface area contributed by atoms with E-state index in [0.29, 0.717) is 41.6 Å². The molecule has 4 heterocycles. The summed E-state index contributed by atoms with van der Waals surface area (Å²) in [6.45, 7) is 10.2. The lowest BCUT2D eigenvalue weighted by Crippen LogP contribution is -2.36. The number of hydrogen-bond donors (Lipinski definition) is 2. The highest BCUT2D eigenvalue weighted by Crippen LogP contribution is 2.30. The quantitative estimate of drug-likeness (QED) is 0.629. The van der Waals surface area contributed by atoms with Crippen molar-refractivity contribution < 1.29 is 18.8 Å². The van der Waals surface area contributed by atoms with Crippen LogP contribution >= 0.6 is 0 Å². The Morgan fingerprint density at radius 3 is 2.69 bits per heavy atom. The average Bonchev–Trinajstić information content (AvgIpc) is 3.39. The van der Waals surface area contributed by atoms with Gasteiger partial charge in [-0.15, -0.1) is 0 Å². The number of primary amides is 1. The van der Waals surface area contributed by atoms with Gasteiger partial charge in [0.25, 0.3) is 11.8 Å². The number of nitrogens with two attached hydrogens (primary N) is 1. The summed E-state index contributed by atoms with van der Waals surface area (Å²) in [4.78, 5) is 30.6. The fraction of sp³-hybridized carbons (Fsp3) is 0.476. The van der Waals surface area contributed by atoms with Crippen LogP contribution in [0.5, 0.6) is 0 Å². The minimum atomic E-state index is -0.603. The van der Waals surface area contributed by atoms with Crippen molar-refractivity contribution in [1.82, 2.24) is 24.7 Å². The zero-order valence-corrected chi connectivity index (χ0v) is 18.7. The van der Waals surface area contributed by atoms with E-state index in [1.165, 1.54) is 6.20 Å². The van der Waals surface area contributed by atoms with Gasteiger partial charge in [0.15, 0.2) is 5.82 Å². The van der Waals surface area contributed by atoms with Crippen LogP contribution in [0.2, 0.25) is 0 Å². The SMILES string of the molecule is Cc1noc(-c2cc3c(N[C@@H]4CN(C(=O)OC(C)(C)C)C[C@@H]4C)c(C(N)=O)cnn3c2)n1. The number of anilines is 1. The van der Waals surface area contributed by atoms with E-state index in [1.54, 1.807) is 28.6 Å². The monoisotopic (exact) mass is 441 g/mol. The number of nitrogens with one attached hydrogen (secondary N) is 1. The summed E-state index contributed by atoms with van der Waals surface area (Å²) in [5, 5.41) is 11.5. The van der Waals surface area contributed by atoms with Gasteiger partial charge in [-0.05, 0) is 39.7 Å². The van der Waals surface area contributed by atoms with Crippen molar-refractivity contribution in [3.8, 4) is 11.5 Å². The second-order valence-electron chi connectivity index (χ2n) is 9.12. The highest BCUT2D eigenvalue weighted by Gasteiger charge is 2.35. The molecule has 0 aromatic carbocycles. The van der Waals surface area contributed by atoms with E-state index < -0.39 is 11.5 Å². The number of fused-ring (bicyclic) bond motifs is 1. The molecule has 2 atom stereocenters. The zero-order valence-electron chi connectivity index (χ0n) is 18.7. The first-order valence-electron chi connectivity index (χ1n) is 10.4. The molecule has 11 nitrogen and oxygen atoms in total. The Hall–Kier alpha value is -3.63. The van der Waals surface area contributed by atoms with Gasteiger partial charge in [-0.25, -0.2) is 9.31 Å². The molecule has 0 spiro atoms.